The molecule has 0 aliphatic carbocycles. The van der Waals surface area contributed by atoms with Crippen molar-refractivity contribution in [2.75, 3.05) is 10.0 Å². The topological polar surface area (TPSA) is 71.1 Å². The van der Waals surface area contributed by atoms with Gasteiger partial charge in [0.25, 0.3) is 10.0 Å². The Balaban J connectivity index is 1.63. The first kappa shape index (κ1) is 17.3. The van der Waals surface area contributed by atoms with E-state index in [1.807, 2.05) is 24.3 Å². The van der Waals surface area contributed by atoms with E-state index in [1.54, 1.807) is 36.5 Å². The second-order valence-corrected chi connectivity index (χ2v) is 7.45. The highest BCUT2D eigenvalue weighted by molar-refractivity contribution is 7.92. The van der Waals surface area contributed by atoms with Crippen molar-refractivity contribution in [2.45, 2.75) is 11.4 Å². The van der Waals surface area contributed by atoms with Crippen molar-refractivity contribution >= 4 is 33.1 Å². The van der Waals surface area contributed by atoms with E-state index in [9.17, 15) is 8.42 Å². The van der Waals surface area contributed by atoms with Gasteiger partial charge in [0.2, 0.25) is 0 Å². The number of benzene rings is 2. The van der Waals surface area contributed by atoms with Gasteiger partial charge in [-0.05, 0) is 42.0 Å². The zero-order valence-electron chi connectivity index (χ0n) is 13.2. The lowest BCUT2D eigenvalue weighted by Crippen LogP contribution is -2.13. The molecule has 0 amide bonds. The standard InChI is InChI=1S/C18H16ClN3O2S/c19-15-8-6-14(7-9-15)12-20-16-10-11-18(21-13-16)22-25(23,24)17-4-2-1-3-5-17/h1-11,13,20H,12H2,(H,21,22). The third-order valence-corrected chi connectivity index (χ3v) is 5.09. The molecule has 0 radical (unpaired) electrons. The van der Waals surface area contributed by atoms with Gasteiger partial charge in [-0.3, -0.25) is 4.72 Å². The fourth-order valence-electron chi connectivity index (χ4n) is 2.16. The highest BCUT2D eigenvalue weighted by atomic mass is 35.5. The second kappa shape index (κ2) is 7.55. The van der Waals surface area contributed by atoms with Crippen LogP contribution in [0.3, 0.4) is 0 Å². The Morgan fingerprint density at radius 3 is 2.28 bits per heavy atom. The summed E-state index contributed by atoms with van der Waals surface area (Å²) in [5.41, 5.74) is 1.87. The first-order chi connectivity index (χ1) is 12.0. The fourth-order valence-corrected chi connectivity index (χ4v) is 3.32. The predicted molar refractivity (Wildman–Crippen MR) is 100 cm³/mol. The summed E-state index contributed by atoms with van der Waals surface area (Å²) in [6, 6.07) is 19.1. The van der Waals surface area contributed by atoms with Crippen LogP contribution in [0.1, 0.15) is 5.56 Å². The number of aromatic nitrogens is 1. The van der Waals surface area contributed by atoms with Crippen molar-refractivity contribution in [3.63, 3.8) is 0 Å². The molecule has 5 nitrogen and oxygen atoms in total. The largest absolute Gasteiger partial charge is 0.380 e. The number of halogens is 1. The summed E-state index contributed by atoms with van der Waals surface area (Å²) in [6.07, 6.45) is 1.58. The molecule has 0 atom stereocenters. The molecule has 0 aliphatic heterocycles. The minimum absolute atomic E-state index is 0.196. The summed E-state index contributed by atoms with van der Waals surface area (Å²) in [5.74, 6) is 0.265. The maximum atomic E-state index is 12.2. The summed E-state index contributed by atoms with van der Waals surface area (Å²) in [4.78, 5) is 4.34. The maximum absolute atomic E-state index is 12.2. The summed E-state index contributed by atoms with van der Waals surface area (Å²) in [5, 5.41) is 3.91. The molecule has 1 aromatic heterocycles. The average Bonchev–Trinajstić information content (AvgIpc) is 2.63. The molecule has 0 aliphatic rings. The lowest BCUT2D eigenvalue weighted by molar-refractivity contribution is 0.601. The Morgan fingerprint density at radius 2 is 1.64 bits per heavy atom. The molecule has 0 saturated carbocycles. The molecule has 3 aromatic rings. The van der Waals surface area contributed by atoms with Gasteiger partial charge in [-0.15, -0.1) is 0 Å². The zero-order valence-corrected chi connectivity index (χ0v) is 14.8. The normalized spacial score (nSPS) is 11.1. The minimum atomic E-state index is -3.63. The van der Waals surface area contributed by atoms with Crippen molar-refractivity contribution in [3.8, 4) is 0 Å². The van der Waals surface area contributed by atoms with Crippen LogP contribution in [0.15, 0.2) is 77.8 Å². The summed E-state index contributed by atoms with van der Waals surface area (Å²) >= 11 is 5.86. The Kier molecular flexibility index (Phi) is 5.21. The van der Waals surface area contributed by atoms with Crippen molar-refractivity contribution < 1.29 is 8.42 Å². The number of rotatable bonds is 6. The smallest absolute Gasteiger partial charge is 0.263 e. The van der Waals surface area contributed by atoms with Crippen molar-refractivity contribution in [1.29, 1.82) is 0 Å². The first-order valence-electron chi connectivity index (χ1n) is 7.55. The third-order valence-electron chi connectivity index (χ3n) is 3.47. The molecular weight excluding hydrogens is 358 g/mol. The van der Waals surface area contributed by atoms with Crippen LogP contribution in [0.25, 0.3) is 0 Å². The van der Waals surface area contributed by atoms with E-state index < -0.39 is 10.0 Å². The van der Waals surface area contributed by atoms with Crippen molar-refractivity contribution in [3.05, 3.63) is 83.5 Å². The Bertz CT molecular complexity index is 928. The van der Waals surface area contributed by atoms with Gasteiger partial charge in [-0.25, -0.2) is 13.4 Å². The van der Waals surface area contributed by atoms with E-state index in [-0.39, 0.29) is 10.7 Å². The molecule has 0 fully saturated rings. The van der Waals surface area contributed by atoms with E-state index in [4.69, 9.17) is 11.6 Å². The number of hydrogen-bond acceptors (Lipinski definition) is 4. The van der Waals surface area contributed by atoms with Gasteiger partial charge >= 0.3 is 0 Å². The Morgan fingerprint density at radius 1 is 0.920 bits per heavy atom. The number of nitrogens with one attached hydrogen (secondary N) is 2. The predicted octanol–water partition coefficient (Wildman–Crippen LogP) is 4.15. The highest BCUT2D eigenvalue weighted by Gasteiger charge is 2.13. The Hall–Kier alpha value is -2.57. The summed E-state index contributed by atoms with van der Waals surface area (Å²) in [6.45, 7) is 0.619. The number of anilines is 2. The molecule has 128 valence electrons. The maximum Gasteiger partial charge on any atom is 0.263 e. The SMILES string of the molecule is O=S(=O)(Nc1ccc(NCc2ccc(Cl)cc2)cn1)c1ccccc1. The van der Waals surface area contributed by atoms with Gasteiger partial charge in [-0.1, -0.05) is 41.9 Å². The van der Waals surface area contributed by atoms with Crippen LogP contribution in [0, 0.1) is 0 Å². The molecule has 0 bridgehead atoms. The van der Waals surface area contributed by atoms with Gasteiger partial charge in [0.05, 0.1) is 16.8 Å². The molecule has 1 heterocycles. The van der Waals surface area contributed by atoms with Crippen molar-refractivity contribution in [2.24, 2.45) is 0 Å². The average molecular weight is 374 g/mol. The molecule has 0 unspecified atom stereocenters. The van der Waals surface area contributed by atoms with Crippen LogP contribution in [0.4, 0.5) is 11.5 Å². The van der Waals surface area contributed by atoms with Crippen LogP contribution in [0.5, 0.6) is 0 Å². The number of hydrogen-bond donors (Lipinski definition) is 2. The van der Waals surface area contributed by atoms with E-state index in [0.29, 0.717) is 11.6 Å². The summed E-state index contributed by atoms with van der Waals surface area (Å²) in [7, 11) is -3.63. The van der Waals surface area contributed by atoms with Crippen LogP contribution < -0.4 is 10.0 Å². The molecule has 0 saturated heterocycles. The van der Waals surface area contributed by atoms with E-state index >= 15 is 0 Å². The lowest BCUT2D eigenvalue weighted by atomic mass is 10.2. The molecule has 3 rings (SSSR count). The third kappa shape index (κ3) is 4.71. The molecule has 7 heteroatoms. The molecular formula is C18H16ClN3O2S. The first-order valence-corrected chi connectivity index (χ1v) is 9.41. The van der Waals surface area contributed by atoms with E-state index in [2.05, 4.69) is 15.0 Å². The monoisotopic (exact) mass is 373 g/mol. The van der Waals surface area contributed by atoms with Gasteiger partial charge < -0.3 is 5.32 Å². The molecule has 0 spiro atoms. The fraction of sp³-hybridized carbons (Fsp3) is 0.0556. The van der Waals surface area contributed by atoms with Crippen LogP contribution in [0.2, 0.25) is 5.02 Å². The zero-order chi connectivity index (χ0) is 17.7. The molecule has 2 aromatic carbocycles. The van der Waals surface area contributed by atoms with Crippen LogP contribution in [-0.2, 0) is 16.6 Å². The molecule has 25 heavy (non-hydrogen) atoms. The minimum Gasteiger partial charge on any atom is -0.380 e. The van der Waals surface area contributed by atoms with Crippen molar-refractivity contribution in [1.82, 2.24) is 4.98 Å². The molecule has 2 N–H and O–H groups in total. The van der Waals surface area contributed by atoms with Crippen LogP contribution >= 0.6 is 11.6 Å². The van der Waals surface area contributed by atoms with E-state index in [0.717, 1.165) is 11.3 Å². The van der Waals surface area contributed by atoms with Gasteiger partial charge in [-0.2, -0.15) is 0 Å². The number of pyridine rings is 1. The van der Waals surface area contributed by atoms with Gasteiger partial charge in [0.1, 0.15) is 5.82 Å². The van der Waals surface area contributed by atoms with Gasteiger partial charge in [0, 0.05) is 11.6 Å². The van der Waals surface area contributed by atoms with Crippen LogP contribution in [-0.4, -0.2) is 13.4 Å². The highest BCUT2D eigenvalue weighted by Crippen LogP contribution is 2.16. The second-order valence-electron chi connectivity index (χ2n) is 5.33. The van der Waals surface area contributed by atoms with Gasteiger partial charge in [0.15, 0.2) is 0 Å². The van der Waals surface area contributed by atoms with E-state index in [1.165, 1.54) is 12.1 Å². The quantitative estimate of drug-likeness (QED) is 0.681. The Labute approximate surface area is 151 Å². The number of nitrogens with zero attached hydrogens (tertiary/aromatic N) is 1. The lowest BCUT2D eigenvalue weighted by Gasteiger charge is -2.09. The number of sulfonamides is 1. The summed E-state index contributed by atoms with van der Waals surface area (Å²) < 4.78 is 27.0.